The van der Waals surface area contributed by atoms with Crippen molar-refractivity contribution in [1.29, 1.82) is 0 Å². The average Bonchev–Trinajstić information content (AvgIpc) is 3.50. The molecule has 13 heteroatoms. The number of nitrogens with one attached hydrogen (secondary N) is 1. The highest BCUT2D eigenvalue weighted by Gasteiger charge is 2.31. The molecule has 0 bridgehead atoms. The van der Waals surface area contributed by atoms with Gasteiger partial charge in [0.1, 0.15) is 0 Å². The maximum Gasteiger partial charge on any atom is 0.300 e. The minimum absolute atomic E-state index is 0.0338. The Bertz CT molecular complexity index is 1170. The second kappa shape index (κ2) is 26.8. The highest BCUT2D eigenvalue weighted by atomic mass is 31.2. The van der Waals surface area contributed by atoms with Crippen LogP contribution in [-0.2, 0) is 9.05 Å². The van der Waals surface area contributed by atoms with Crippen LogP contribution in [0.15, 0.2) is 54.2 Å². The van der Waals surface area contributed by atoms with Gasteiger partial charge in [-0.15, -0.1) is 13.2 Å². The quantitative estimate of drug-likeness (QED) is 0.0497. The molecule has 268 valence electrons. The fourth-order valence-electron chi connectivity index (χ4n) is 4.61. The number of nitro benzene ring substituents is 1. The minimum Gasteiger partial charge on any atom is -0.383 e. The van der Waals surface area contributed by atoms with Gasteiger partial charge in [0.25, 0.3) is 0 Å². The van der Waals surface area contributed by atoms with E-state index in [0.29, 0.717) is 24.4 Å². The Morgan fingerprint density at radius 1 is 0.936 bits per heavy atom. The lowest BCUT2D eigenvalue weighted by molar-refractivity contribution is -0.445. The summed E-state index contributed by atoms with van der Waals surface area (Å²) < 4.78 is 16.5. The van der Waals surface area contributed by atoms with Crippen LogP contribution in [0.2, 0.25) is 0 Å². The number of unbranched alkanes of at least 4 members (excludes halogenated alkanes) is 3. The second-order valence-corrected chi connectivity index (χ2v) is 14.0. The number of fused-ring (bicyclic) bond motifs is 1. The normalized spacial score (nSPS) is 12.0. The van der Waals surface area contributed by atoms with Gasteiger partial charge in [-0.1, -0.05) is 92.0 Å². The zero-order chi connectivity index (χ0) is 36.3. The van der Waals surface area contributed by atoms with E-state index in [1.807, 2.05) is 0 Å². The van der Waals surface area contributed by atoms with Crippen molar-refractivity contribution < 1.29 is 23.5 Å². The molecule has 47 heavy (non-hydrogen) atoms. The Kier molecular flexibility index (Phi) is 26.2. The lowest BCUT2D eigenvalue weighted by atomic mass is 9.75. The fourth-order valence-corrected chi connectivity index (χ4v) is 6.01. The van der Waals surface area contributed by atoms with Crippen molar-refractivity contribution in [3.8, 4) is 0 Å². The maximum absolute atomic E-state index is 11.2. The third kappa shape index (κ3) is 22.9. The number of aromatic nitrogens is 2. The van der Waals surface area contributed by atoms with Crippen molar-refractivity contribution in [2.24, 2.45) is 10.8 Å². The molecule has 0 fully saturated rings. The van der Waals surface area contributed by atoms with Crippen LogP contribution in [0.4, 0.5) is 11.4 Å². The van der Waals surface area contributed by atoms with E-state index in [0.717, 1.165) is 45.3 Å². The Morgan fingerprint density at radius 2 is 1.51 bits per heavy atom. The van der Waals surface area contributed by atoms with Gasteiger partial charge in [0, 0.05) is 30.8 Å². The summed E-state index contributed by atoms with van der Waals surface area (Å²) in [5, 5.41) is 30.9. The Labute approximate surface area is 283 Å². The van der Waals surface area contributed by atoms with Crippen LogP contribution in [0.1, 0.15) is 99.8 Å². The van der Waals surface area contributed by atoms with Crippen LogP contribution in [0.5, 0.6) is 0 Å². The van der Waals surface area contributed by atoms with E-state index in [4.69, 9.17) is 23.8 Å². The third-order valence-electron chi connectivity index (χ3n) is 6.38. The summed E-state index contributed by atoms with van der Waals surface area (Å²) in [6, 6.07) is 3.08. The van der Waals surface area contributed by atoms with Crippen molar-refractivity contribution in [3.05, 3.63) is 69.8 Å². The number of hydrogen-bond acceptors (Lipinski definition) is 10. The van der Waals surface area contributed by atoms with Crippen molar-refractivity contribution in [1.82, 2.24) is 10.3 Å². The first-order valence-corrected chi connectivity index (χ1v) is 17.6. The topological polar surface area (TPSA) is 156 Å². The molecule has 1 unspecified atom stereocenters. The molecule has 0 saturated heterocycles. The van der Waals surface area contributed by atoms with Crippen molar-refractivity contribution in [2.45, 2.75) is 99.8 Å². The smallest absolute Gasteiger partial charge is 0.300 e. The molecule has 1 atom stereocenters. The molecule has 0 aliphatic carbocycles. The Balaban J connectivity index is 0. The first kappa shape index (κ1) is 45.9. The molecule has 1 aromatic carbocycles. The first-order valence-electron chi connectivity index (χ1n) is 16.2. The lowest BCUT2D eigenvalue weighted by Gasteiger charge is -2.35. The molecule has 0 aliphatic rings. The van der Waals surface area contributed by atoms with E-state index in [-0.39, 0.29) is 22.0 Å². The zero-order valence-electron chi connectivity index (χ0n) is 30.3. The Morgan fingerprint density at radius 3 is 2.02 bits per heavy atom. The van der Waals surface area contributed by atoms with Crippen LogP contribution in [0.25, 0.3) is 11.0 Å². The summed E-state index contributed by atoms with van der Waals surface area (Å²) >= 11 is 0. The summed E-state index contributed by atoms with van der Waals surface area (Å²) in [5.41, 5.74) is 0.977. The molecule has 1 heterocycles. The molecule has 2 aromatic rings. The molecule has 12 nitrogen and oxygen atoms in total. The summed E-state index contributed by atoms with van der Waals surface area (Å²) in [6.45, 7) is 22.6. The number of nitrogens with zero attached hydrogens (tertiary/aromatic N) is 4. The number of allylic oxidation sites excluding steroid dienone is 4. The second-order valence-electron chi connectivity index (χ2n) is 12.2. The van der Waals surface area contributed by atoms with Crippen LogP contribution in [0, 0.1) is 31.1 Å². The van der Waals surface area contributed by atoms with Gasteiger partial charge >= 0.3 is 5.69 Å². The van der Waals surface area contributed by atoms with E-state index in [1.165, 1.54) is 25.3 Å². The van der Waals surface area contributed by atoms with Gasteiger partial charge in [0.2, 0.25) is 5.52 Å². The largest absolute Gasteiger partial charge is 0.383 e. The molecular weight excluding hydrogens is 621 g/mol. The lowest BCUT2D eigenvalue weighted by Crippen LogP contribution is -2.32. The van der Waals surface area contributed by atoms with Crippen LogP contribution in [-0.4, -0.2) is 53.6 Å². The predicted molar refractivity (Wildman–Crippen MR) is 196 cm³/mol. The molecule has 0 radical (unpaired) electrons. The van der Waals surface area contributed by atoms with Gasteiger partial charge < -0.3 is 14.4 Å². The zero-order valence-corrected chi connectivity index (χ0v) is 31.1. The molecule has 1 aromatic heterocycles. The average molecular weight is 682 g/mol. The number of nitro groups is 2. The highest BCUT2D eigenvalue weighted by Crippen LogP contribution is 2.43. The van der Waals surface area contributed by atoms with Gasteiger partial charge in [-0.2, -0.15) is 0 Å². The van der Waals surface area contributed by atoms with Crippen LogP contribution in [0.3, 0.4) is 0 Å². The van der Waals surface area contributed by atoms with Crippen molar-refractivity contribution >= 4 is 30.8 Å². The van der Waals surface area contributed by atoms with Crippen molar-refractivity contribution in [3.63, 3.8) is 0 Å². The van der Waals surface area contributed by atoms with E-state index in [9.17, 15) is 10.1 Å². The van der Waals surface area contributed by atoms with Crippen LogP contribution >= 0.6 is 8.38 Å². The van der Waals surface area contributed by atoms with Gasteiger partial charge in [0.15, 0.2) is 20.9 Å². The highest BCUT2D eigenvalue weighted by molar-refractivity contribution is 7.47. The number of non-ortho nitro benzene ring substituents is 1. The first-order chi connectivity index (χ1) is 22.2. The number of anilines is 1. The molecule has 0 saturated carbocycles. The van der Waals surface area contributed by atoms with E-state index in [1.54, 1.807) is 13.2 Å². The predicted octanol–water partition coefficient (Wildman–Crippen LogP) is 10.5. The fraction of sp³-hybridized carbons (Fsp3) is 0.647. The Hall–Kier alpha value is -3.21. The van der Waals surface area contributed by atoms with E-state index >= 15 is 0 Å². The molecular formula is C34H60N5O7P. The number of hydrogen-bond donors (Lipinski definition) is 1. The monoisotopic (exact) mass is 681 g/mol. The molecule has 2 rings (SSSR count). The molecule has 0 amide bonds. The minimum atomic E-state index is -0.844. The van der Waals surface area contributed by atoms with E-state index in [2.05, 4.69) is 102 Å². The molecule has 1 N–H and O–H groups in total. The van der Waals surface area contributed by atoms with Crippen LogP contribution < -0.4 is 5.32 Å². The number of benzene rings is 1. The van der Waals surface area contributed by atoms with Gasteiger partial charge in [0.05, 0.1) is 17.2 Å². The standard InChI is InChI=1S/C22H37N4O5P.C9H16.C2H4.CH3NO2/c1-7-8-9-10-13-32(29-6)30-16-22(4,5)14-21(2,3)15-23-17-11-12-18(26(27)28)20-19(17)24-31-25-20;1-3-5-7-9-8-6-4-2;1-2;1-2(3)4/h11-12,23H,7-10,13-16H2,1-6H3;5-8H,3-4,9H2,1-2H3;1-2H2;1H3/b;7-5-,8-6-;;. The third-order valence-corrected chi connectivity index (χ3v) is 7.89. The summed E-state index contributed by atoms with van der Waals surface area (Å²) in [4.78, 5) is 19.0. The summed E-state index contributed by atoms with van der Waals surface area (Å²) in [5.74, 6) is 0. The maximum atomic E-state index is 11.2. The molecule has 0 spiro atoms. The van der Waals surface area contributed by atoms with Crippen molar-refractivity contribution in [2.75, 3.05) is 38.8 Å². The SMILES string of the molecule is C=C.CC/C=C\C/C=C\CC.CCCCCCP(OC)OCC(C)(C)CC(C)(C)CNc1ccc([N+](=O)[O-])c2nonc12.C[N+](=O)[O-]. The molecule has 0 aliphatic heterocycles. The van der Waals surface area contributed by atoms with E-state index < -0.39 is 18.2 Å². The van der Waals surface area contributed by atoms with Gasteiger partial charge in [-0.3, -0.25) is 20.2 Å². The van der Waals surface area contributed by atoms with Gasteiger partial charge in [-0.25, -0.2) is 4.63 Å². The number of rotatable bonds is 19. The van der Waals surface area contributed by atoms with Gasteiger partial charge in [-0.05, 0) is 59.3 Å². The summed E-state index contributed by atoms with van der Waals surface area (Å²) in [6.07, 6.45) is 18.9. The summed E-state index contributed by atoms with van der Waals surface area (Å²) in [7, 11) is 1.78.